The molecule has 1 N–H and O–H groups in total. The molecule has 33 heavy (non-hydrogen) atoms. The van der Waals surface area contributed by atoms with E-state index in [2.05, 4.69) is 25.3 Å². The van der Waals surface area contributed by atoms with Crippen LogP contribution in [-0.4, -0.2) is 33.0 Å². The van der Waals surface area contributed by atoms with E-state index in [1.807, 2.05) is 38.1 Å². The van der Waals surface area contributed by atoms with E-state index in [1.165, 1.54) is 6.33 Å². The van der Waals surface area contributed by atoms with Gasteiger partial charge in [-0.1, -0.05) is 25.1 Å². The van der Waals surface area contributed by atoms with E-state index in [-0.39, 0.29) is 5.91 Å². The molecule has 1 amide bonds. The molecule has 4 aromatic rings. The van der Waals surface area contributed by atoms with Crippen LogP contribution in [0.15, 0.2) is 67.1 Å². The largest absolute Gasteiger partial charge is 0.495 e. The number of hydrogen-bond donors (Lipinski definition) is 1. The lowest BCUT2D eigenvalue weighted by atomic mass is 10.1. The molecule has 0 saturated heterocycles. The van der Waals surface area contributed by atoms with Crippen LogP contribution in [0.25, 0.3) is 11.4 Å². The molecule has 8 heteroatoms. The molecular weight excluding hydrogens is 418 g/mol. The first-order valence-corrected chi connectivity index (χ1v) is 10.4. The van der Waals surface area contributed by atoms with Crippen molar-refractivity contribution in [2.45, 2.75) is 20.3 Å². The van der Waals surface area contributed by atoms with Crippen LogP contribution in [0.5, 0.6) is 17.4 Å². The molecule has 0 aliphatic carbocycles. The lowest BCUT2D eigenvalue weighted by Gasteiger charge is -2.13. The normalized spacial score (nSPS) is 10.5. The average molecular weight is 441 g/mol. The van der Waals surface area contributed by atoms with Gasteiger partial charge in [-0.05, 0) is 48.9 Å². The van der Waals surface area contributed by atoms with E-state index in [9.17, 15) is 4.79 Å². The summed E-state index contributed by atoms with van der Waals surface area (Å²) in [6.07, 6.45) is 3.80. The van der Waals surface area contributed by atoms with Gasteiger partial charge in [-0.3, -0.25) is 4.79 Å². The fourth-order valence-electron chi connectivity index (χ4n) is 3.17. The lowest BCUT2D eigenvalue weighted by molar-refractivity contribution is 0.102. The van der Waals surface area contributed by atoms with Crippen molar-refractivity contribution in [3.05, 3.63) is 84.1 Å². The highest BCUT2D eigenvalue weighted by molar-refractivity contribution is 6.05. The van der Waals surface area contributed by atoms with Gasteiger partial charge in [0.1, 0.15) is 23.7 Å². The molecule has 4 rings (SSSR count). The summed E-state index contributed by atoms with van der Waals surface area (Å²) in [5.74, 6) is 2.31. The molecule has 0 bridgehead atoms. The Labute approximate surface area is 191 Å². The molecule has 166 valence electrons. The van der Waals surface area contributed by atoms with Gasteiger partial charge in [0.2, 0.25) is 5.88 Å². The molecule has 0 aliphatic rings. The molecule has 2 heterocycles. The molecule has 0 spiro atoms. The number of carbonyl (C=O) groups excluding carboxylic acids is 1. The summed E-state index contributed by atoms with van der Waals surface area (Å²) in [4.78, 5) is 30.2. The Morgan fingerprint density at radius 2 is 1.85 bits per heavy atom. The maximum absolute atomic E-state index is 12.9. The van der Waals surface area contributed by atoms with Gasteiger partial charge >= 0.3 is 0 Å². The smallest absolute Gasteiger partial charge is 0.255 e. The van der Waals surface area contributed by atoms with E-state index in [1.54, 1.807) is 43.6 Å². The number of pyridine rings is 1. The summed E-state index contributed by atoms with van der Waals surface area (Å²) in [6.45, 7) is 3.88. The summed E-state index contributed by atoms with van der Waals surface area (Å²) in [5.41, 5.74) is 2.51. The molecule has 2 aromatic carbocycles. The van der Waals surface area contributed by atoms with Gasteiger partial charge in [0.05, 0.1) is 18.4 Å². The number of aromatic nitrogens is 4. The van der Waals surface area contributed by atoms with Crippen LogP contribution in [0.4, 0.5) is 5.69 Å². The summed E-state index contributed by atoms with van der Waals surface area (Å²) >= 11 is 0. The number of ether oxygens (including phenoxy) is 2. The SMILES string of the molecule is CCc1ncnc(-c2cccnc2Oc2cc(C(=O)Nc3ccccc3OC)ccc2C)n1. The molecule has 0 fully saturated rings. The minimum atomic E-state index is -0.282. The third kappa shape index (κ3) is 4.95. The van der Waals surface area contributed by atoms with Crippen LogP contribution in [-0.2, 0) is 6.42 Å². The van der Waals surface area contributed by atoms with Gasteiger partial charge in [0.25, 0.3) is 5.91 Å². The number of methoxy groups -OCH3 is 1. The minimum Gasteiger partial charge on any atom is -0.495 e. The van der Waals surface area contributed by atoms with Crippen molar-refractivity contribution in [1.82, 2.24) is 19.9 Å². The van der Waals surface area contributed by atoms with Crippen molar-refractivity contribution in [3.63, 3.8) is 0 Å². The van der Waals surface area contributed by atoms with Gasteiger partial charge in [-0.2, -0.15) is 0 Å². The van der Waals surface area contributed by atoms with Crippen LogP contribution in [0, 0.1) is 6.92 Å². The number of nitrogens with zero attached hydrogens (tertiary/aromatic N) is 4. The highest BCUT2D eigenvalue weighted by atomic mass is 16.5. The third-order valence-corrected chi connectivity index (χ3v) is 4.96. The van der Waals surface area contributed by atoms with Crippen LogP contribution >= 0.6 is 0 Å². The summed E-state index contributed by atoms with van der Waals surface area (Å²) in [7, 11) is 1.56. The maximum atomic E-state index is 12.9. The van der Waals surface area contributed by atoms with Crippen molar-refractivity contribution >= 4 is 11.6 Å². The number of carbonyl (C=O) groups is 1. The Bertz CT molecular complexity index is 1290. The molecule has 0 radical (unpaired) electrons. The number of amides is 1. The number of aryl methyl sites for hydroxylation is 2. The molecule has 8 nitrogen and oxygen atoms in total. The first-order chi connectivity index (χ1) is 16.1. The average Bonchev–Trinajstić information content (AvgIpc) is 2.86. The minimum absolute atomic E-state index is 0.282. The number of benzene rings is 2. The first-order valence-electron chi connectivity index (χ1n) is 10.4. The van der Waals surface area contributed by atoms with E-state index in [0.29, 0.717) is 52.3 Å². The van der Waals surface area contributed by atoms with Crippen molar-refractivity contribution < 1.29 is 14.3 Å². The van der Waals surface area contributed by atoms with Gasteiger partial charge in [0.15, 0.2) is 5.82 Å². The van der Waals surface area contributed by atoms with Crippen LogP contribution in [0.2, 0.25) is 0 Å². The first kappa shape index (κ1) is 21.9. The highest BCUT2D eigenvalue weighted by Crippen LogP contribution is 2.32. The Morgan fingerprint density at radius 3 is 2.67 bits per heavy atom. The highest BCUT2D eigenvalue weighted by Gasteiger charge is 2.16. The number of para-hydroxylation sites is 2. The molecule has 0 unspecified atom stereocenters. The number of hydrogen-bond acceptors (Lipinski definition) is 7. The summed E-state index contributed by atoms with van der Waals surface area (Å²) in [5, 5.41) is 2.88. The van der Waals surface area contributed by atoms with E-state index < -0.39 is 0 Å². The van der Waals surface area contributed by atoms with Crippen molar-refractivity contribution in [2.24, 2.45) is 0 Å². The summed E-state index contributed by atoms with van der Waals surface area (Å²) < 4.78 is 11.4. The molecule has 0 aliphatic heterocycles. The fourth-order valence-corrected chi connectivity index (χ4v) is 3.17. The zero-order chi connectivity index (χ0) is 23.2. The number of nitrogens with one attached hydrogen (secondary N) is 1. The van der Waals surface area contributed by atoms with Gasteiger partial charge in [-0.25, -0.2) is 19.9 Å². The molecule has 0 saturated carbocycles. The molecule has 0 atom stereocenters. The fraction of sp³-hybridized carbons (Fsp3) is 0.160. The third-order valence-electron chi connectivity index (χ3n) is 4.96. The Balaban J connectivity index is 1.63. The number of anilines is 1. The van der Waals surface area contributed by atoms with Crippen molar-refractivity contribution in [3.8, 4) is 28.8 Å². The number of rotatable bonds is 7. The summed E-state index contributed by atoms with van der Waals surface area (Å²) in [6, 6.07) is 16.1. The molecular formula is C25H23N5O3. The van der Waals surface area contributed by atoms with Crippen LogP contribution < -0.4 is 14.8 Å². The van der Waals surface area contributed by atoms with Gasteiger partial charge < -0.3 is 14.8 Å². The standard InChI is InChI=1S/C25H23N5O3/c1-4-22-27-15-28-23(30-22)18-8-7-13-26-25(18)33-21-14-17(12-11-16(21)2)24(31)29-19-9-5-6-10-20(19)32-3/h5-15H,4H2,1-3H3,(H,29,31). The van der Waals surface area contributed by atoms with E-state index in [0.717, 1.165) is 5.56 Å². The van der Waals surface area contributed by atoms with Gasteiger partial charge in [-0.15, -0.1) is 0 Å². The van der Waals surface area contributed by atoms with E-state index in [4.69, 9.17) is 9.47 Å². The van der Waals surface area contributed by atoms with E-state index >= 15 is 0 Å². The van der Waals surface area contributed by atoms with Crippen LogP contribution in [0.3, 0.4) is 0 Å². The monoisotopic (exact) mass is 441 g/mol. The van der Waals surface area contributed by atoms with Crippen LogP contribution in [0.1, 0.15) is 28.7 Å². The second kappa shape index (κ2) is 9.86. The maximum Gasteiger partial charge on any atom is 0.255 e. The van der Waals surface area contributed by atoms with Gasteiger partial charge in [0, 0.05) is 18.2 Å². The Kier molecular flexibility index (Phi) is 6.54. The Hall–Kier alpha value is -4.33. The van der Waals surface area contributed by atoms with Crippen molar-refractivity contribution in [1.29, 1.82) is 0 Å². The predicted octanol–water partition coefficient (Wildman–Crippen LogP) is 4.86. The topological polar surface area (TPSA) is 99.1 Å². The van der Waals surface area contributed by atoms with Crippen molar-refractivity contribution in [2.75, 3.05) is 12.4 Å². The predicted molar refractivity (Wildman–Crippen MR) is 125 cm³/mol. The zero-order valence-electron chi connectivity index (χ0n) is 18.6. The molecule has 2 aromatic heterocycles. The zero-order valence-corrected chi connectivity index (χ0v) is 18.6. The second-order valence-electron chi connectivity index (χ2n) is 7.17. The second-order valence-corrected chi connectivity index (χ2v) is 7.17. The quantitative estimate of drug-likeness (QED) is 0.437. The lowest BCUT2D eigenvalue weighted by Crippen LogP contribution is -2.13. The Morgan fingerprint density at radius 1 is 1.00 bits per heavy atom.